The van der Waals surface area contributed by atoms with Crippen molar-refractivity contribution in [2.45, 2.75) is 26.1 Å². The molecule has 0 spiro atoms. The van der Waals surface area contributed by atoms with E-state index in [9.17, 15) is 5.11 Å². The second kappa shape index (κ2) is 9.94. The molecule has 0 aromatic heterocycles. The quantitative estimate of drug-likeness (QED) is 0.420. The minimum absolute atomic E-state index is 0.218. The SMILES string of the molecule is C#CCNCC(O)COCCOC(C)C. The van der Waals surface area contributed by atoms with Gasteiger partial charge >= 0.3 is 0 Å². The summed E-state index contributed by atoms with van der Waals surface area (Å²) in [4.78, 5) is 0. The number of ether oxygens (including phenoxy) is 2. The Morgan fingerprint density at radius 2 is 2.13 bits per heavy atom. The lowest BCUT2D eigenvalue weighted by atomic mass is 10.4. The Balaban J connectivity index is 3.17. The predicted octanol–water partition coefficient (Wildman–Crippen LogP) is 0.0117. The molecule has 2 N–H and O–H groups in total. The van der Waals surface area contributed by atoms with E-state index in [-0.39, 0.29) is 6.10 Å². The number of aliphatic hydroxyl groups is 1. The van der Waals surface area contributed by atoms with Crippen molar-refractivity contribution in [1.29, 1.82) is 0 Å². The zero-order valence-electron chi connectivity index (χ0n) is 9.53. The summed E-state index contributed by atoms with van der Waals surface area (Å²) < 4.78 is 10.5. The van der Waals surface area contributed by atoms with Gasteiger partial charge in [0, 0.05) is 6.54 Å². The standard InChI is InChI=1S/C11H21NO3/c1-4-5-12-8-11(13)9-14-6-7-15-10(2)3/h1,10-13H,5-9H2,2-3H3. The van der Waals surface area contributed by atoms with Crippen LogP contribution in [0.4, 0.5) is 0 Å². The summed E-state index contributed by atoms with van der Waals surface area (Å²) in [5.41, 5.74) is 0. The maximum absolute atomic E-state index is 9.39. The second-order valence-electron chi connectivity index (χ2n) is 3.48. The number of hydrogen-bond acceptors (Lipinski definition) is 4. The Bertz CT molecular complexity index is 177. The molecule has 0 saturated heterocycles. The van der Waals surface area contributed by atoms with Gasteiger partial charge in [-0.25, -0.2) is 0 Å². The largest absolute Gasteiger partial charge is 0.389 e. The van der Waals surface area contributed by atoms with Gasteiger partial charge in [0.2, 0.25) is 0 Å². The summed E-state index contributed by atoms with van der Waals surface area (Å²) in [5.74, 6) is 2.43. The molecule has 15 heavy (non-hydrogen) atoms. The molecule has 0 aromatic carbocycles. The first-order chi connectivity index (χ1) is 7.16. The minimum Gasteiger partial charge on any atom is -0.389 e. The van der Waals surface area contributed by atoms with E-state index in [4.69, 9.17) is 15.9 Å². The van der Waals surface area contributed by atoms with Crippen LogP contribution >= 0.6 is 0 Å². The zero-order valence-corrected chi connectivity index (χ0v) is 9.53. The maximum Gasteiger partial charge on any atom is 0.0898 e. The molecule has 1 unspecified atom stereocenters. The Morgan fingerprint density at radius 3 is 2.73 bits per heavy atom. The van der Waals surface area contributed by atoms with Crippen LogP contribution < -0.4 is 5.32 Å². The van der Waals surface area contributed by atoms with Crippen LogP contribution in [-0.4, -0.2) is 50.2 Å². The van der Waals surface area contributed by atoms with E-state index in [1.807, 2.05) is 13.8 Å². The van der Waals surface area contributed by atoms with Crippen molar-refractivity contribution in [3.05, 3.63) is 0 Å². The summed E-state index contributed by atoms with van der Waals surface area (Å²) in [7, 11) is 0. The third-order valence-corrected chi connectivity index (χ3v) is 1.60. The molecule has 0 aliphatic heterocycles. The van der Waals surface area contributed by atoms with Crippen LogP contribution in [0.1, 0.15) is 13.8 Å². The van der Waals surface area contributed by atoms with Crippen LogP contribution in [0.25, 0.3) is 0 Å². The van der Waals surface area contributed by atoms with Gasteiger partial charge in [-0.15, -0.1) is 6.42 Å². The molecule has 0 fully saturated rings. The fraction of sp³-hybridized carbons (Fsp3) is 0.818. The van der Waals surface area contributed by atoms with Crippen LogP contribution in [-0.2, 0) is 9.47 Å². The molecule has 4 nitrogen and oxygen atoms in total. The molecule has 0 saturated carbocycles. The molecule has 0 heterocycles. The zero-order chi connectivity index (χ0) is 11.5. The number of aliphatic hydroxyl groups excluding tert-OH is 1. The van der Waals surface area contributed by atoms with Crippen LogP contribution in [0.15, 0.2) is 0 Å². The highest BCUT2D eigenvalue weighted by molar-refractivity contribution is 4.86. The topological polar surface area (TPSA) is 50.7 Å². The van der Waals surface area contributed by atoms with E-state index < -0.39 is 6.10 Å². The van der Waals surface area contributed by atoms with Gasteiger partial charge in [0.25, 0.3) is 0 Å². The Kier molecular flexibility index (Phi) is 9.54. The van der Waals surface area contributed by atoms with Crippen molar-refractivity contribution in [1.82, 2.24) is 5.32 Å². The van der Waals surface area contributed by atoms with Crippen LogP contribution in [0.2, 0.25) is 0 Å². The highest BCUT2D eigenvalue weighted by Gasteiger charge is 2.02. The average molecular weight is 215 g/mol. The van der Waals surface area contributed by atoms with Gasteiger partial charge in [-0.05, 0) is 13.8 Å². The predicted molar refractivity (Wildman–Crippen MR) is 59.6 cm³/mol. The number of terminal acetylenes is 1. The van der Waals surface area contributed by atoms with Crippen molar-refractivity contribution >= 4 is 0 Å². The fourth-order valence-corrected chi connectivity index (χ4v) is 0.932. The van der Waals surface area contributed by atoms with E-state index >= 15 is 0 Å². The summed E-state index contributed by atoms with van der Waals surface area (Å²) >= 11 is 0. The third-order valence-electron chi connectivity index (χ3n) is 1.60. The number of hydrogen-bond donors (Lipinski definition) is 2. The van der Waals surface area contributed by atoms with Crippen molar-refractivity contribution in [2.75, 3.05) is 32.9 Å². The van der Waals surface area contributed by atoms with E-state index in [2.05, 4.69) is 11.2 Å². The van der Waals surface area contributed by atoms with E-state index in [0.717, 1.165) is 0 Å². The van der Waals surface area contributed by atoms with Crippen molar-refractivity contribution in [3.63, 3.8) is 0 Å². The van der Waals surface area contributed by atoms with Crippen LogP contribution in [0.3, 0.4) is 0 Å². The molecule has 1 atom stereocenters. The lowest BCUT2D eigenvalue weighted by Gasteiger charge is -2.12. The van der Waals surface area contributed by atoms with Crippen molar-refractivity contribution < 1.29 is 14.6 Å². The van der Waals surface area contributed by atoms with E-state index in [1.165, 1.54) is 0 Å². The van der Waals surface area contributed by atoms with Crippen molar-refractivity contribution in [3.8, 4) is 12.3 Å². The number of rotatable bonds is 9. The molecule has 0 radical (unpaired) electrons. The molecule has 0 aliphatic rings. The van der Waals surface area contributed by atoms with E-state index in [1.54, 1.807) is 0 Å². The molecule has 4 heteroatoms. The van der Waals surface area contributed by atoms with Gasteiger partial charge < -0.3 is 19.9 Å². The molecule has 0 aromatic rings. The number of nitrogens with one attached hydrogen (secondary N) is 1. The fourth-order valence-electron chi connectivity index (χ4n) is 0.932. The lowest BCUT2D eigenvalue weighted by molar-refractivity contribution is -0.00973. The molecule has 0 bridgehead atoms. The Morgan fingerprint density at radius 1 is 1.40 bits per heavy atom. The van der Waals surface area contributed by atoms with Gasteiger partial charge in [-0.3, -0.25) is 0 Å². The first kappa shape index (κ1) is 14.4. The summed E-state index contributed by atoms with van der Waals surface area (Å²) in [6, 6.07) is 0. The van der Waals surface area contributed by atoms with Gasteiger partial charge in [0.05, 0.1) is 38.6 Å². The van der Waals surface area contributed by atoms with Gasteiger partial charge in [-0.1, -0.05) is 5.92 Å². The molecular formula is C11H21NO3. The lowest BCUT2D eigenvalue weighted by Crippen LogP contribution is -2.31. The van der Waals surface area contributed by atoms with E-state index in [0.29, 0.717) is 32.9 Å². The van der Waals surface area contributed by atoms with Crippen molar-refractivity contribution in [2.24, 2.45) is 0 Å². The maximum atomic E-state index is 9.39. The molecule has 88 valence electrons. The smallest absolute Gasteiger partial charge is 0.0898 e. The molecule has 0 rings (SSSR count). The summed E-state index contributed by atoms with van der Waals surface area (Å²) in [5, 5.41) is 12.3. The summed E-state index contributed by atoms with van der Waals surface area (Å²) in [6.45, 7) is 6.23. The second-order valence-corrected chi connectivity index (χ2v) is 3.48. The summed E-state index contributed by atoms with van der Waals surface area (Å²) in [6.07, 6.45) is 4.74. The Hall–Kier alpha value is -0.600. The van der Waals surface area contributed by atoms with Crippen LogP contribution in [0, 0.1) is 12.3 Å². The minimum atomic E-state index is -0.516. The molecule has 0 aliphatic carbocycles. The Labute approximate surface area is 92.0 Å². The monoisotopic (exact) mass is 215 g/mol. The van der Waals surface area contributed by atoms with Gasteiger partial charge in [0.15, 0.2) is 0 Å². The average Bonchev–Trinajstić information content (AvgIpc) is 2.17. The first-order valence-corrected chi connectivity index (χ1v) is 5.18. The van der Waals surface area contributed by atoms with Gasteiger partial charge in [-0.2, -0.15) is 0 Å². The first-order valence-electron chi connectivity index (χ1n) is 5.18. The third kappa shape index (κ3) is 11.3. The molecule has 0 amide bonds. The highest BCUT2D eigenvalue weighted by atomic mass is 16.5. The van der Waals surface area contributed by atoms with Crippen LogP contribution in [0.5, 0.6) is 0 Å². The molecular weight excluding hydrogens is 194 g/mol. The highest BCUT2D eigenvalue weighted by Crippen LogP contribution is 1.89. The normalized spacial score (nSPS) is 12.7. The van der Waals surface area contributed by atoms with Gasteiger partial charge in [0.1, 0.15) is 0 Å².